The number of aliphatic hydroxyl groups is 1. The van der Waals surface area contributed by atoms with Crippen LogP contribution in [0.5, 0.6) is 0 Å². The van der Waals surface area contributed by atoms with Crippen molar-refractivity contribution in [3.63, 3.8) is 0 Å². The molecular formula is C9H19NO2. The lowest BCUT2D eigenvalue weighted by atomic mass is 10.2. The van der Waals surface area contributed by atoms with Crippen molar-refractivity contribution >= 4 is 0 Å². The van der Waals surface area contributed by atoms with Gasteiger partial charge in [-0.1, -0.05) is 6.92 Å². The average Bonchev–Trinajstić information content (AvgIpc) is 2.59. The Morgan fingerprint density at radius 2 is 2.42 bits per heavy atom. The second-order valence-corrected chi connectivity index (χ2v) is 3.22. The van der Waals surface area contributed by atoms with E-state index < -0.39 is 0 Å². The fourth-order valence-electron chi connectivity index (χ4n) is 1.68. The third kappa shape index (κ3) is 2.73. The van der Waals surface area contributed by atoms with Crippen molar-refractivity contribution in [3.05, 3.63) is 0 Å². The fourth-order valence-corrected chi connectivity index (χ4v) is 1.68. The SMILES string of the molecule is CCN(CCCO)C1CCOC1. The lowest BCUT2D eigenvalue weighted by molar-refractivity contribution is 0.140. The summed E-state index contributed by atoms with van der Waals surface area (Å²) < 4.78 is 5.32. The summed E-state index contributed by atoms with van der Waals surface area (Å²) in [5.41, 5.74) is 0. The molecule has 0 aromatic rings. The molecule has 0 saturated carbocycles. The molecule has 1 N–H and O–H groups in total. The van der Waals surface area contributed by atoms with Gasteiger partial charge >= 0.3 is 0 Å². The molecule has 1 aliphatic heterocycles. The Morgan fingerprint density at radius 1 is 1.58 bits per heavy atom. The molecule has 0 aliphatic carbocycles. The molecule has 0 aromatic carbocycles. The first kappa shape index (κ1) is 9.96. The average molecular weight is 173 g/mol. The standard InChI is InChI=1S/C9H19NO2/c1-2-10(5-3-6-11)9-4-7-12-8-9/h9,11H,2-8H2,1H3. The van der Waals surface area contributed by atoms with Crippen molar-refractivity contribution in [2.24, 2.45) is 0 Å². The van der Waals surface area contributed by atoms with Crippen LogP contribution in [0, 0.1) is 0 Å². The van der Waals surface area contributed by atoms with Crippen molar-refractivity contribution in [1.29, 1.82) is 0 Å². The van der Waals surface area contributed by atoms with Crippen LogP contribution in [0.2, 0.25) is 0 Å². The van der Waals surface area contributed by atoms with Gasteiger partial charge in [0.05, 0.1) is 6.61 Å². The molecule has 0 spiro atoms. The molecule has 1 unspecified atom stereocenters. The Balaban J connectivity index is 2.22. The molecular weight excluding hydrogens is 154 g/mol. The third-order valence-electron chi connectivity index (χ3n) is 2.43. The first-order valence-corrected chi connectivity index (χ1v) is 4.81. The van der Waals surface area contributed by atoms with Crippen LogP contribution in [0.15, 0.2) is 0 Å². The number of nitrogens with zero attached hydrogens (tertiary/aromatic N) is 1. The van der Waals surface area contributed by atoms with Crippen LogP contribution in [-0.4, -0.2) is 49.0 Å². The maximum Gasteiger partial charge on any atom is 0.0622 e. The number of likely N-dealkylation sites (N-methyl/N-ethyl adjacent to an activating group) is 1. The second-order valence-electron chi connectivity index (χ2n) is 3.22. The van der Waals surface area contributed by atoms with Crippen molar-refractivity contribution in [3.8, 4) is 0 Å². The molecule has 0 amide bonds. The Bertz CT molecular complexity index is 113. The van der Waals surface area contributed by atoms with Crippen LogP contribution in [0.1, 0.15) is 19.8 Å². The highest BCUT2D eigenvalue weighted by Crippen LogP contribution is 2.11. The van der Waals surface area contributed by atoms with Gasteiger partial charge in [-0.15, -0.1) is 0 Å². The van der Waals surface area contributed by atoms with Gasteiger partial charge in [-0.3, -0.25) is 4.90 Å². The molecule has 1 rings (SSSR count). The molecule has 1 saturated heterocycles. The van der Waals surface area contributed by atoms with E-state index in [0.29, 0.717) is 12.6 Å². The van der Waals surface area contributed by atoms with Crippen molar-refractivity contribution in [2.45, 2.75) is 25.8 Å². The van der Waals surface area contributed by atoms with Gasteiger partial charge in [0.25, 0.3) is 0 Å². The van der Waals surface area contributed by atoms with E-state index in [1.54, 1.807) is 0 Å². The summed E-state index contributed by atoms with van der Waals surface area (Å²) >= 11 is 0. The van der Waals surface area contributed by atoms with E-state index in [-0.39, 0.29) is 0 Å². The molecule has 0 aromatic heterocycles. The minimum absolute atomic E-state index is 0.296. The van der Waals surface area contributed by atoms with E-state index in [1.165, 1.54) is 0 Å². The van der Waals surface area contributed by atoms with Gasteiger partial charge in [0, 0.05) is 25.8 Å². The van der Waals surface area contributed by atoms with Gasteiger partial charge in [-0.05, 0) is 19.4 Å². The fraction of sp³-hybridized carbons (Fsp3) is 1.00. The van der Waals surface area contributed by atoms with E-state index in [0.717, 1.165) is 39.1 Å². The molecule has 1 atom stereocenters. The maximum atomic E-state index is 8.70. The van der Waals surface area contributed by atoms with E-state index in [4.69, 9.17) is 9.84 Å². The van der Waals surface area contributed by atoms with E-state index in [2.05, 4.69) is 11.8 Å². The molecule has 72 valence electrons. The molecule has 3 nitrogen and oxygen atoms in total. The zero-order valence-corrected chi connectivity index (χ0v) is 7.83. The summed E-state index contributed by atoms with van der Waals surface area (Å²) in [4.78, 5) is 2.39. The molecule has 0 bridgehead atoms. The molecule has 1 fully saturated rings. The Labute approximate surface area is 74.3 Å². The van der Waals surface area contributed by atoms with Gasteiger partial charge in [0.1, 0.15) is 0 Å². The molecule has 3 heteroatoms. The minimum Gasteiger partial charge on any atom is -0.396 e. The van der Waals surface area contributed by atoms with Gasteiger partial charge in [-0.25, -0.2) is 0 Å². The van der Waals surface area contributed by atoms with Gasteiger partial charge in [-0.2, -0.15) is 0 Å². The molecule has 1 aliphatic rings. The lowest BCUT2D eigenvalue weighted by Gasteiger charge is -2.25. The summed E-state index contributed by atoms with van der Waals surface area (Å²) in [6.45, 7) is 6.30. The number of hydrogen-bond acceptors (Lipinski definition) is 3. The molecule has 0 radical (unpaired) electrons. The molecule has 12 heavy (non-hydrogen) atoms. The third-order valence-corrected chi connectivity index (χ3v) is 2.43. The second kappa shape index (κ2) is 5.51. The summed E-state index contributed by atoms with van der Waals surface area (Å²) in [6.07, 6.45) is 2.03. The predicted molar refractivity (Wildman–Crippen MR) is 48.2 cm³/mol. The minimum atomic E-state index is 0.296. The summed E-state index contributed by atoms with van der Waals surface area (Å²) in [7, 11) is 0. The smallest absolute Gasteiger partial charge is 0.0622 e. The number of ether oxygens (including phenoxy) is 1. The van der Waals surface area contributed by atoms with Crippen LogP contribution >= 0.6 is 0 Å². The largest absolute Gasteiger partial charge is 0.396 e. The van der Waals surface area contributed by atoms with Crippen molar-refractivity contribution in [1.82, 2.24) is 4.90 Å². The summed E-state index contributed by atoms with van der Waals surface area (Å²) in [6, 6.07) is 0.599. The van der Waals surface area contributed by atoms with Crippen molar-refractivity contribution in [2.75, 3.05) is 32.9 Å². The molecule has 1 heterocycles. The topological polar surface area (TPSA) is 32.7 Å². The zero-order valence-electron chi connectivity index (χ0n) is 7.83. The van der Waals surface area contributed by atoms with Crippen LogP contribution in [0.4, 0.5) is 0 Å². The lowest BCUT2D eigenvalue weighted by Crippen LogP contribution is -2.36. The highest BCUT2D eigenvalue weighted by Gasteiger charge is 2.21. The van der Waals surface area contributed by atoms with E-state index in [9.17, 15) is 0 Å². The first-order chi connectivity index (χ1) is 5.88. The monoisotopic (exact) mass is 173 g/mol. The van der Waals surface area contributed by atoms with Gasteiger partial charge in [0.15, 0.2) is 0 Å². The normalized spacial score (nSPS) is 23.8. The van der Waals surface area contributed by atoms with Crippen molar-refractivity contribution < 1.29 is 9.84 Å². The Kier molecular flexibility index (Phi) is 4.58. The number of aliphatic hydroxyl groups excluding tert-OH is 1. The zero-order chi connectivity index (χ0) is 8.81. The number of rotatable bonds is 5. The summed E-state index contributed by atoms with van der Waals surface area (Å²) in [5, 5.41) is 8.70. The van der Waals surface area contributed by atoms with E-state index in [1.807, 2.05) is 0 Å². The number of hydrogen-bond donors (Lipinski definition) is 1. The van der Waals surface area contributed by atoms with E-state index >= 15 is 0 Å². The predicted octanol–water partition coefficient (Wildman–Crippen LogP) is 0.480. The quantitative estimate of drug-likeness (QED) is 0.656. The Hall–Kier alpha value is -0.120. The highest BCUT2D eigenvalue weighted by atomic mass is 16.5. The van der Waals surface area contributed by atoms with Gasteiger partial charge in [0.2, 0.25) is 0 Å². The highest BCUT2D eigenvalue weighted by molar-refractivity contribution is 4.74. The summed E-state index contributed by atoms with van der Waals surface area (Å²) in [5.74, 6) is 0. The van der Waals surface area contributed by atoms with Crippen LogP contribution in [0.3, 0.4) is 0 Å². The first-order valence-electron chi connectivity index (χ1n) is 4.81. The van der Waals surface area contributed by atoms with Crippen LogP contribution in [0.25, 0.3) is 0 Å². The van der Waals surface area contributed by atoms with Gasteiger partial charge < -0.3 is 9.84 Å². The van der Waals surface area contributed by atoms with Crippen LogP contribution in [-0.2, 0) is 4.74 Å². The Morgan fingerprint density at radius 3 is 2.92 bits per heavy atom. The van der Waals surface area contributed by atoms with Crippen LogP contribution < -0.4 is 0 Å². The maximum absolute atomic E-state index is 8.70.